The summed E-state index contributed by atoms with van der Waals surface area (Å²) in [5, 5.41) is 8.65. The second kappa shape index (κ2) is 6.39. The summed E-state index contributed by atoms with van der Waals surface area (Å²) in [7, 11) is -3.69. The van der Waals surface area contributed by atoms with Crippen molar-refractivity contribution in [3.63, 3.8) is 0 Å². The van der Waals surface area contributed by atoms with E-state index in [0.29, 0.717) is 11.3 Å². The minimum Gasteiger partial charge on any atom is -0.384 e. The number of aliphatic hydroxyl groups is 1. The zero-order valence-corrected chi connectivity index (χ0v) is 12.2. The van der Waals surface area contributed by atoms with Gasteiger partial charge in [0.2, 0.25) is 0 Å². The summed E-state index contributed by atoms with van der Waals surface area (Å²) in [5.74, 6) is 5.27. The fourth-order valence-electron chi connectivity index (χ4n) is 1.74. The van der Waals surface area contributed by atoms with Crippen LogP contribution in [0.25, 0.3) is 0 Å². The van der Waals surface area contributed by atoms with Crippen LogP contribution in [-0.4, -0.2) is 25.1 Å². The summed E-state index contributed by atoms with van der Waals surface area (Å²) in [6.07, 6.45) is 0. The molecule has 0 aliphatic carbocycles. The lowest BCUT2D eigenvalue weighted by atomic mass is 10.2. The van der Waals surface area contributed by atoms with Gasteiger partial charge in [-0.05, 0) is 36.6 Å². The molecular weight excluding hydrogens is 288 g/mol. The van der Waals surface area contributed by atoms with Crippen molar-refractivity contribution in [2.45, 2.75) is 11.8 Å². The van der Waals surface area contributed by atoms with Gasteiger partial charge in [0, 0.05) is 0 Å². The predicted octanol–water partition coefficient (Wildman–Crippen LogP) is 1.53. The van der Waals surface area contributed by atoms with Crippen molar-refractivity contribution < 1.29 is 13.5 Å². The summed E-state index contributed by atoms with van der Waals surface area (Å²) in [6, 6.07) is 11.5. The van der Waals surface area contributed by atoms with Crippen LogP contribution < -0.4 is 4.72 Å². The highest BCUT2D eigenvalue weighted by atomic mass is 32.2. The molecule has 0 fully saturated rings. The molecule has 0 aliphatic heterocycles. The molecule has 0 spiro atoms. The molecule has 2 rings (SSSR count). The van der Waals surface area contributed by atoms with E-state index in [1.165, 1.54) is 6.07 Å². The minimum absolute atomic E-state index is 0.183. The van der Waals surface area contributed by atoms with Crippen LogP contribution >= 0.6 is 0 Å². The molecule has 2 aromatic rings. The maximum absolute atomic E-state index is 12.3. The Hall–Kier alpha value is -2.36. The quantitative estimate of drug-likeness (QED) is 0.843. The van der Waals surface area contributed by atoms with E-state index in [2.05, 4.69) is 21.5 Å². The first-order chi connectivity index (χ1) is 10.0. The maximum atomic E-state index is 12.3. The molecule has 6 heteroatoms. The van der Waals surface area contributed by atoms with Crippen LogP contribution in [0.1, 0.15) is 11.3 Å². The van der Waals surface area contributed by atoms with Crippen molar-refractivity contribution in [3.8, 4) is 11.8 Å². The standard InChI is InChI=1S/C15H14N2O3S/c1-12-6-2-3-9-14(12)21(19,20)17-15-10-4-7-13(16-15)8-5-11-18/h2-4,6-7,9-10,18H,11H2,1H3,(H,16,17). The molecular formula is C15H14N2O3S. The van der Waals surface area contributed by atoms with Gasteiger partial charge in [-0.15, -0.1) is 0 Å². The van der Waals surface area contributed by atoms with Crippen molar-refractivity contribution in [2.24, 2.45) is 0 Å². The van der Waals surface area contributed by atoms with Crippen molar-refractivity contribution in [1.82, 2.24) is 4.98 Å². The second-order valence-corrected chi connectivity index (χ2v) is 5.89. The molecule has 0 amide bonds. The van der Waals surface area contributed by atoms with Gasteiger partial charge in [-0.2, -0.15) is 0 Å². The van der Waals surface area contributed by atoms with Gasteiger partial charge in [-0.25, -0.2) is 13.4 Å². The van der Waals surface area contributed by atoms with E-state index in [4.69, 9.17) is 5.11 Å². The normalized spacial score (nSPS) is 10.6. The van der Waals surface area contributed by atoms with Gasteiger partial charge in [0.25, 0.3) is 10.0 Å². The first-order valence-corrected chi connectivity index (χ1v) is 7.66. The van der Waals surface area contributed by atoms with Crippen molar-refractivity contribution in [1.29, 1.82) is 0 Å². The molecule has 1 aromatic carbocycles. The van der Waals surface area contributed by atoms with E-state index >= 15 is 0 Å². The van der Waals surface area contributed by atoms with Gasteiger partial charge in [-0.3, -0.25) is 4.72 Å². The average molecular weight is 302 g/mol. The number of aliphatic hydroxyl groups excluding tert-OH is 1. The summed E-state index contributed by atoms with van der Waals surface area (Å²) in [5.41, 5.74) is 1.04. The van der Waals surface area contributed by atoms with Gasteiger partial charge in [0.05, 0.1) is 4.90 Å². The molecule has 2 N–H and O–H groups in total. The summed E-state index contributed by atoms with van der Waals surface area (Å²) in [4.78, 5) is 4.28. The van der Waals surface area contributed by atoms with Gasteiger partial charge in [0.15, 0.2) is 0 Å². The number of aromatic nitrogens is 1. The Labute approximate surface area is 123 Å². The van der Waals surface area contributed by atoms with Crippen molar-refractivity contribution in [2.75, 3.05) is 11.3 Å². The smallest absolute Gasteiger partial charge is 0.263 e. The van der Waals surface area contributed by atoms with Crippen LogP contribution in [0.4, 0.5) is 5.82 Å². The van der Waals surface area contributed by atoms with Crippen LogP contribution in [-0.2, 0) is 10.0 Å². The largest absolute Gasteiger partial charge is 0.384 e. The highest BCUT2D eigenvalue weighted by Gasteiger charge is 2.16. The van der Waals surface area contributed by atoms with Crippen LogP contribution in [0.15, 0.2) is 47.4 Å². The lowest BCUT2D eigenvalue weighted by Crippen LogP contribution is -2.15. The van der Waals surface area contributed by atoms with Gasteiger partial charge in [0.1, 0.15) is 18.1 Å². The van der Waals surface area contributed by atoms with E-state index in [9.17, 15) is 8.42 Å². The van der Waals surface area contributed by atoms with E-state index in [1.807, 2.05) is 0 Å². The first kappa shape index (κ1) is 15.0. The molecule has 0 saturated carbocycles. The molecule has 0 saturated heterocycles. The number of anilines is 1. The third-order valence-electron chi connectivity index (χ3n) is 2.67. The number of nitrogens with one attached hydrogen (secondary N) is 1. The number of sulfonamides is 1. The number of rotatable bonds is 3. The number of hydrogen-bond acceptors (Lipinski definition) is 4. The average Bonchev–Trinajstić information content (AvgIpc) is 2.45. The Bertz CT molecular complexity index is 805. The van der Waals surface area contributed by atoms with E-state index in [1.54, 1.807) is 43.3 Å². The predicted molar refractivity (Wildman–Crippen MR) is 80.2 cm³/mol. The van der Waals surface area contributed by atoms with Crippen molar-refractivity contribution in [3.05, 3.63) is 53.7 Å². The highest BCUT2D eigenvalue weighted by molar-refractivity contribution is 7.92. The lowest BCUT2D eigenvalue weighted by molar-refractivity contribution is 0.350. The fraction of sp³-hybridized carbons (Fsp3) is 0.133. The monoisotopic (exact) mass is 302 g/mol. The summed E-state index contributed by atoms with van der Waals surface area (Å²) >= 11 is 0. The molecule has 5 nitrogen and oxygen atoms in total. The number of aryl methyl sites for hydroxylation is 1. The topological polar surface area (TPSA) is 79.3 Å². The Morgan fingerprint density at radius 3 is 2.67 bits per heavy atom. The zero-order chi connectivity index (χ0) is 15.3. The molecule has 21 heavy (non-hydrogen) atoms. The summed E-state index contributed by atoms with van der Waals surface area (Å²) in [6.45, 7) is 1.45. The SMILES string of the molecule is Cc1ccccc1S(=O)(=O)Nc1cccc(C#CCO)n1. The Kier molecular flexibility index (Phi) is 4.58. The molecule has 1 heterocycles. The van der Waals surface area contributed by atoms with Crippen LogP contribution in [0, 0.1) is 18.8 Å². The maximum Gasteiger partial charge on any atom is 0.263 e. The molecule has 0 bridgehead atoms. The third kappa shape index (κ3) is 3.81. The molecule has 1 aromatic heterocycles. The number of nitrogens with zero attached hydrogens (tertiary/aromatic N) is 1. The van der Waals surface area contributed by atoms with Gasteiger partial charge >= 0.3 is 0 Å². The zero-order valence-electron chi connectivity index (χ0n) is 11.4. The summed E-state index contributed by atoms with van der Waals surface area (Å²) < 4.78 is 27.1. The van der Waals surface area contributed by atoms with E-state index in [0.717, 1.165) is 0 Å². The fourth-order valence-corrected chi connectivity index (χ4v) is 2.99. The molecule has 0 radical (unpaired) electrons. The van der Waals surface area contributed by atoms with Crippen molar-refractivity contribution >= 4 is 15.8 Å². The van der Waals surface area contributed by atoms with Crippen LogP contribution in [0.2, 0.25) is 0 Å². The van der Waals surface area contributed by atoms with Crippen LogP contribution in [0.5, 0.6) is 0 Å². The Morgan fingerprint density at radius 1 is 1.19 bits per heavy atom. The number of hydrogen-bond donors (Lipinski definition) is 2. The Morgan fingerprint density at radius 2 is 1.95 bits per heavy atom. The molecule has 108 valence electrons. The van der Waals surface area contributed by atoms with Gasteiger partial charge < -0.3 is 5.11 Å². The number of pyridine rings is 1. The lowest BCUT2D eigenvalue weighted by Gasteiger charge is -2.09. The molecule has 0 unspecified atom stereocenters. The highest BCUT2D eigenvalue weighted by Crippen LogP contribution is 2.17. The number of benzene rings is 1. The van der Waals surface area contributed by atoms with Gasteiger partial charge in [-0.1, -0.05) is 30.2 Å². The second-order valence-electron chi connectivity index (χ2n) is 4.24. The molecule has 0 aliphatic rings. The van der Waals surface area contributed by atoms with E-state index in [-0.39, 0.29) is 17.3 Å². The molecule has 0 atom stereocenters. The third-order valence-corrected chi connectivity index (χ3v) is 4.18. The Balaban J connectivity index is 2.31. The minimum atomic E-state index is -3.69. The first-order valence-electron chi connectivity index (χ1n) is 6.18. The van der Waals surface area contributed by atoms with E-state index < -0.39 is 10.0 Å². The van der Waals surface area contributed by atoms with Crippen LogP contribution in [0.3, 0.4) is 0 Å².